The fraction of sp³-hybridized carbons (Fsp3) is 0.300. The Balaban J connectivity index is 1.51. The van der Waals surface area contributed by atoms with Crippen LogP contribution in [0.5, 0.6) is 0 Å². The van der Waals surface area contributed by atoms with Crippen LogP contribution in [0.2, 0.25) is 0 Å². The fourth-order valence-corrected chi connectivity index (χ4v) is 2.96. The van der Waals surface area contributed by atoms with E-state index in [1.54, 1.807) is 48.5 Å². The van der Waals surface area contributed by atoms with Gasteiger partial charge in [-0.2, -0.15) is 0 Å². The van der Waals surface area contributed by atoms with Gasteiger partial charge < -0.3 is 25.6 Å². The van der Waals surface area contributed by atoms with Crippen molar-refractivity contribution >= 4 is 17.5 Å². The van der Waals surface area contributed by atoms with E-state index in [1.807, 2.05) is 12.1 Å². The first-order valence-electron chi connectivity index (χ1n) is 8.74. The third kappa shape index (κ3) is 4.91. The van der Waals surface area contributed by atoms with Crippen molar-refractivity contribution in [1.82, 2.24) is 5.32 Å². The molecule has 0 bridgehead atoms. The molecule has 2 aromatic rings. The average molecular weight is 370 g/mol. The summed E-state index contributed by atoms with van der Waals surface area (Å²) in [5.74, 6) is -0.627. The standard InChI is InChI=1S/C20H22N2O5/c23-17(22-14-9-5-2-6-10-14)11-15-18(24)19(25)16(27-15)12-21-20(26)13-7-3-1-4-8-13/h1-10,15-16,18-19,24-25H,11-12H2,(H,21,26)(H,22,23)/t15-,16-,18-,19+/m0/s1. The Bertz CT molecular complexity index is 768. The van der Waals surface area contributed by atoms with Crippen molar-refractivity contribution in [3.63, 3.8) is 0 Å². The van der Waals surface area contributed by atoms with Crippen LogP contribution in [-0.4, -0.2) is 53.0 Å². The van der Waals surface area contributed by atoms with E-state index < -0.39 is 24.4 Å². The summed E-state index contributed by atoms with van der Waals surface area (Å²) in [4.78, 5) is 24.2. The Morgan fingerprint density at radius 2 is 1.48 bits per heavy atom. The quantitative estimate of drug-likeness (QED) is 0.605. The minimum Gasteiger partial charge on any atom is -0.388 e. The van der Waals surface area contributed by atoms with Crippen molar-refractivity contribution in [2.45, 2.75) is 30.8 Å². The number of ether oxygens (including phenoxy) is 1. The minimum atomic E-state index is -1.20. The number of rotatable bonds is 6. The van der Waals surface area contributed by atoms with E-state index in [0.717, 1.165) is 0 Å². The summed E-state index contributed by atoms with van der Waals surface area (Å²) in [7, 11) is 0. The zero-order valence-corrected chi connectivity index (χ0v) is 14.6. The number of amides is 2. The summed E-state index contributed by atoms with van der Waals surface area (Å²) in [5, 5.41) is 25.7. The summed E-state index contributed by atoms with van der Waals surface area (Å²) in [6.07, 6.45) is -4.12. The molecule has 1 aliphatic rings. The Morgan fingerprint density at radius 1 is 0.889 bits per heavy atom. The van der Waals surface area contributed by atoms with Gasteiger partial charge in [-0.3, -0.25) is 9.59 Å². The summed E-state index contributed by atoms with van der Waals surface area (Å²) in [5.41, 5.74) is 1.13. The van der Waals surface area contributed by atoms with Gasteiger partial charge in [0, 0.05) is 17.8 Å². The molecule has 0 aromatic heterocycles. The molecule has 1 saturated heterocycles. The van der Waals surface area contributed by atoms with Crippen LogP contribution in [0.15, 0.2) is 60.7 Å². The number of hydrogen-bond acceptors (Lipinski definition) is 5. The van der Waals surface area contributed by atoms with Crippen LogP contribution in [0.1, 0.15) is 16.8 Å². The summed E-state index contributed by atoms with van der Waals surface area (Å²) < 4.78 is 5.61. The van der Waals surface area contributed by atoms with Gasteiger partial charge in [0.1, 0.15) is 18.3 Å². The van der Waals surface area contributed by atoms with Gasteiger partial charge in [0.05, 0.1) is 12.5 Å². The first-order valence-corrected chi connectivity index (χ1v) is 8.74. The lowest BCUT2D eigenvalue weighted by atomic mass is 10.1. The van der Waals surface area contributed by atoms with E-state index in [2.05, 4.69) is 10.6 Å². The maximum atomic E-state index is 12.1. The van der Waals surface area contributed by atoms with Crippen molar-refractivity contribution in [3.05, 3.63) is 66.2 Å². The number of aliphatic hydroxyl groups excluding tert-OH is 2. The first-order chi connectivity index (χ1) is 13.0. The predicted molar refractivity (Wildman–Crippen MR) is 99.1 cm³/mol. The molecule has 142 valence electrons. The maximum absolute atomic E-state index is 12.1. The van der Waals surface area contributed by atoms with Gasteiger partial charge in [-0.15, -0.1) is 0 Å². The number of para-hydroxylation sites is 1. The van der Waals surface area contributed by atoms with Gasteiger partial charge in [0.25, 0.3) is 5.91 Å². The largest absolute Gasteiger partial charge is 0.388 e. The molecule has 1 heterocycles. The van der Waals surface area contributed by atoms with Crippen LogP contribution in [0.25, 0.3) is 0 Å². The molecule has 7 heteroatoms. The molecule has 2 amide bonds. The third-order valence-electron chi connectivity index (χ3n) is 4.41. The predicted octanol–water partition coefficient (Wildman–Crippen LogP) is 0.934. The van der Waals surface area contributed by atoms with Crippen molar-refractivity contribution in [2.24, 2.45) is 0 Å². The smallest absolute Gasteiger partial charge is 0.251 e. The van der Waals surface area contributed by atoms with Crippen LogP contribution in [-0.2, 0) is 9.53 Å². The van der Waals surface area contributed by atoms with Crippen LogP contribution in [0.4, 0.5) is 5.69 Å². The van der Waals surface area contributed by atoms with Gasteiger partial charge in [-0.05, 0) is 24.3 Å². The van der Waals surface area contributed by atoms with Gasteiger partial charge in [-0.1, -0.05) is 36.4 Å². The SMILES string of the molecule is O=C(C[C@@H]1O[C@@H](CNC(=O)c2ccccc2)[C@@H](O)[C@H]1O)Nc1ccccc1. The molecular weight excluding hydrogens is 348 g/mol. The molecule has 1 aliphatic heterocycles. The Morgan fingerprint density at radius 3 is 2.15 bits per heavy atom. The zero-order valence-electron chi connectivity index (χ0n) is 14.6. The van der Waals surface area contributed by atoms with Crippen LogP contribution >= 0.6 is 0 Å². The number of anilines is 1. The van der Waals surface area contributed by atoms with E-state index >= 15 is 0 Å². The molecule has 0 aliphatic carbocycles. The maximum Gasteiger partial charge on any atom is 0.251 e. The monoisotopic (exact) mass is 370 g/mol. The molecule has 0 unspecified atom stereocenters. The molecule has 7 nitrogen and oxygen atoms in total. The number of carbonyl (C=O) groups is 2. The highest BCUT2D eigenvalue weighted by Gasteiger charge is 2.43. The van der Waals surface area contributed by atoms with Crippen LogP contribution in [0.3, 0.4) is 0 Å². The minimum absolute atomic E-state index is 0.0305. The molecule has 0 radical (unpaired) electrons. The summed E-state index contributed by atoms with van der Waals surface area (Å²) in [6.45, 7) is 0.0305. The van der Waals surface area contributed by atoms with E-state index in [-0.39, 0.29) is 24.8 Å². The van der Waals surface area contributed by atoms with Gasteiger partial charge >= 0.3 is 0 Å². The average Bonchev–Trinajstić information content (AvgIpc) is 2.95. The van der Waals surface area contributed by atoms with Gasteiger partial charge in [-0.25, -0.2) is 0 Å². The summed E-state index contributed by atoms with van der Waals surface area (Å²) >= 11 is 0. The Labute approximate surface area is 157 Å². The lowest BCUT2D eigenvalue weighted by Gasteiger charge is -2.15. The lowest BCUT2D eigenvalue weighted by molar-refractivity contribution is -0.120. The Kier molecular flexibility index (Phi) is 6.18. The first kappa shape index (κ1) is 19.0. The Hall–Kier alpha value is -2.74. The lowest BCUT2D eigenvalue weighted by Crippen LogP contribution is -2.40. The normalized spacial score (nSPS) is 24.4. The third-order valence-corrected chi connectivity index (χ3v) is 4.41. The molecule has 0 spiro atoms. The summed E-state index contributed by atoms with van der Waals surface area (Å²) in [6, 6.07) is 17.6. The van der Waals surface area contributed by atoms with E-state index in [4.69, 9.17) is 4.74 Å². The molecule has 1 fully saturated rings. The van der Waals surface area contributed by atoms with Gasteiger partial charge in [0.15, 0.2) is 0 Å². The topological polar surface area (TPSA) is 108 Å². The van der Waals surface area contributed by atoms with E-state index in [0.29, 0.717) is 11.3 Å². The van der Waals surface area contributed by atoms with Crippen molar-refractivity contribution in [2.75, 3.05) is 11.9 Å². The molecular formula is C20H22N2O5. The van der Waals surface area contributed by atoms with Crippen molar-refractivity contribution in [3.8, 4) is 0 Å². The molecule has 3 rings (SSSR count). The number of nitrogens with one attached hydrogen (secondary N) is 2. The van der Waals surface area contributed by atoms with E-state index in [1.165, 1.54) is 0 Å². The molecule has 4 atom stereocenters. The zero-order chi connectivity index (χ0) is 19.2. The van der Waals surface area contributed by atoms with Crippen molar-refractivity contribution in [1.29, 1.82) is 0 Å². The second kappa shape index (κ2) is 8.77. The van der Waals surface area contributed by atoms with Crippen molar-refractivity contribution < 1.29 is 24.5 Å². The van der Waals surface area contributed by atoms with Crippen LogP contribution in [0, 0.1) is 0 Å². The number of aliphatic hydroxyl groups is 2. The highest BCUT2D eigenvalue weighted by molar-refractivity contribution is 5.94. The molecule has 0 saturated carbocycles. The fourth-order valence-electron chi connectivity index (χ4n) is 2.96. The molecule has 27 heavy (non-hydrogen) atoms. The van der Waals surface area contributed by atoms with Crippen LogP contribution < -0.4 is 10.6 Å². The molecule has 4 N–H and O–H groups in total. The second-order valence-electron chi connectivity index (χ2n) is 6.39. The highest BCUT2D eigenvalue weighted by Crippen LogP contribution is 2.24. The highest BCUT2D eigenvalue weighted by atomic mass is 16.5. The molecule has 2 aromatic carbocycles. The number of hydrogen-bond donors (Lipinski definition) is 4. The number of carbonyl (C=O) groups excluding carboxylic acids is 2. The number of benzene rings is 2. The van der Waals surface area contributed by atoms with E-state index in [9.17, 15) is 19.8 Å². The second-order valence-corrected chi connectivity index (χ2v) is 6.39. The van der Waals surface area contributed by atoms with Gasteiger partial charge in [0.2, 0.25) is 5.91 Å².